The predicted octanol–water partition coefficient (Wildman–Crippen LogP) is 4.51. The summed E-state index contributed by atoms with van der Waals surface area (Å²) >= 11 is 6.15. The first kappa shape index (κ1) is 32.0. The van der Waals surface area contributed by atoms with Gasteiger partial charge < -0.3 is 20.4 Å². The minimum atomic E-state index is -0.626. The summed E-state index contributed by atoms with van der Waals surface area (Å²) in [6, 6.07) is 16.3. The molecule has 3 heterocycles. The van der Waals surface area contributed by atoms with Crippen molar-refractivity contribution in [2.45, 2.75) is 96.6 Å². The molecule has 0 bridgehead atoms. The van der Waals surface area contributed by atoms with Gasteiger partial charge in [-0.1, -0.05) is 61.8 Å². The number of carbonyl (C=O) groups is 2. The number of hydrogen-bond acceptors (Lipinski definition) is 5. The fourth-order valence-corrected chi connectivity index (χ4v) is 7.28. The van der Waals surface area contributed by atoms with Crippen LogP contribution in [0, 0.1) is 5.92 Å². The maximum Gasteiger partial charge on any atom is 0.245 e. The molecule has 0 spiro atoms. The lowest BCUT2D eigenvalue weighted by molar-refractivity contribution is -0.136. The third-order valence-electron chi connectivity index (χ3n) is 9.58. The van der Waals surface area contributed by atoms with Crippen molar-refractivity contribution in [1.82, 2.24) is 25.3 Å². The van der Waals surface area contributed by atoms with Gasteiger partial charge in [0.25, 0.3) is 0 Å². The maximum atomic E-state index is 14.2. The number of benzene rings is 2. The summed E-state index contributed by atoms with van der Waals surface area (Å²) in [5.41, 5.74) is 3.40. The molecule has 0 aliphatic carbocycles. The standard InChI is InChI=1S/C35H50ClN5O2/c1-24(2)22-41(30-13-16-39(17-14-30)25(3)4)31-15-18-40(23-31)35(43)33(19-26-9-11-29(36)12-10-26)38-34(42)32-20-27-7-5-6-8-28(27)21-37-32/h5-12,24-25,30-33,37H,13-23H2,1-4H3,(H,38,42)/t31-,32-,33-/m1/s1. The van der Waals surface area contributed by atoms with Crippen LogP contribution in [0.1, 0.15) is 63.6 Å². The van der Waals surface area contributed by atoms with Gasteiger partial charge in [0.05, 0.1) is 6.04 Å². The van der Waals surface area contributed by atoms with Gasteiger partial charge in [-0.05, 0) is 87.4 Å². The van der Waals surface area contributed by atoms with E-state index in [0.29, 0.717) is 48.5 Å². The van der Waals surface area contributed by atoms with Crippen LogP contribution in [0.3, 0.4) is 0 Å². The molecule has 43 heavy (non-hydrogen) atoms. The van der Waals surface area contributed by atoms with Crippen molar-refractivity contribution in [2.24, 2.45) is 5.92 Å². The quantitative estimate of drug-likeness (QED) is 0.416. The molecule has 0 unspecified atom stereocenters. The second-order valence-corrected chi connectivity index (χ2v) is 13.9. The van der Waals surface area contributed by atoms with Crippen molar-refractivity contribution in [1.29, 1.82) is 0 Å². The molecule has 234 valence electrons. The van der Waals surface area contributed by atoms with Crippen LogP contribution in [0.2, 0.25) is 5.02 Å². The summed E-state index contributed by atoms with van der Waals surface area (Å²) in [7, 11) is 0. The Hall–Kier alpha value is -2.45. The van der Waals surface area contributed by atoms with E-state index in [0.717, 1.165) is 44.7 Å². The topological polar surface area (TPSA) is 67.9 Å². The highest BCUT2D eigenvalue weighted by molar-refractivity contribution is 6.30. The summed E-state index contributed by atoms with van der Waals surface area (Å²) in [4.78, 5) is 35.0. The monoisotopic (exact) mass is 607 g/mol. The zero-order valence-electron chi connectivity index (χ0n) is 26.4. The average Bonchev–Trinajstić information content (AvgIpc) is 3.50. The fraction of sp³-hybridized carbons (Fsp3) is 0.600. The van der Waals surface area contributed by atoms with Gasteiger partial charge >= 0.3 is 0 Å². The minimum absolute atomic E-state index is 0.0149. The van der Waals surface area contributed by atoms with E-state index in [1.54, 1.807) is 0 Å². The Labute approximate surface area is 263 Å². The number of nitrogens with zero attached hydrogens (tertiary/aromatic N) is 3. The molecule has 2 saturated heterocycles. The van der Waals surface area contributed by atoms with Crippen molar-refractivity contribution in [3.8, 4) is 0 Å². The molecule has 8 heteroatoms. The lowest BCUT2D eigenvalue weighted by Crippen LogP contribution is -2.56. The molecule has 3 atom stereocenters. The van der Waals surface area contributed by atoms with Gasteiger partial charge in [-0.15, -0.1) is 0 Å². The predicted molar refractivity (Wildman–Crippen MR) is 174 cm³/mol. The van der Waals surface area contributed by atoms with Gasteiger partial charge in [-0.3, -0.25) is 14.5 Å². The fourth-order valence-electron chi connectivity index (χ4n) is 7.15. The van der Waals surface area contributed by atoms with E-state index in [4.69, 9.17) is 11.6 Å². The number of rotatable bonds is 10. The van der Waals surface area contributed by atoms with Crippen LogP contribution in [0.5, 0.6) is 0 Å². The second-order valence-electron chi connectivity index (χ2n) is 13.5. The highest BCUT2D eigenvalue weighted by atomic mass is 35.5. The second kappa shape index (κ2) is 14.6. The van der Waals surface area contributed by atoms with Crippen molar-refractivity contribution in [3.05, 3.63) is 70.2 Å². The molecule has 0 saturated carbocycles. The first-order valence-electron chi connectivity index (χ1n) is 16.3. The minimum Gasteiger partial charge on any atom is -0.343 e. The molecular weight excluding hydrogens is 558 g/mol. The van der Waals surface area contributed by atoms with Crippen molar-refractivity contribution in [2.75, 3.05) is 32.7 Å². The SMILES string of the molecule is CC(C)CN(C1CCN(C(C)C)CC1)[C@@H]1CCN(C(=O)[C@@H](Cc2ccc(Cl)cc2)NC(=O)[C@H]2Cc3ccccc3CN2)C1. The number of carbonyl (C=O) groups excluding carboxylic acids is 2. The number of piperidine rings is 1. The average molecular weight is 608 g/mol. The molecule has 3 aliphatic rings. The van der Waals surface area contributed by atoms with Crippen molar-refractivity contribution in [3.63, 3.8) is 0 Å². The number of halogens is 1. The van der Waals surface area contributed by atoms with Crippen LogP contribution in [0.4, 0.5) is 0 Å². The lowest BCUT2D eigenvalue weighted by atomic mass is 9.95. The molecule has 3 aliphatic heterocycles. The van der Waals surface area contributed by atoms with E-state index in [-0.39, 0.29) is 17.9 Å². The smallest absolute Gasteiger partial charge is 0.245 e. The van der Waals surface area contributed by atoms with Gasteiger partial charge in [0.2, 0.25) is 11.8 Å². The molecule has 0 aromatic heterocycles. The highest BCUT2D eigenvalue weighted by Crippen LogP contribution is 2.27. The van der Waals surface area contributed by atoms with Crippen LogP contribution in [0.25, 0.3) is 0 Å². The van der Waals surface area contributed by atoms with Crippen molar-refractivity contribution < 1.29 is 9.59 Å². The molecule has 0 radical (unpaired) electrons. The Morgan fingerprint density at radius 1 is 0.953 bits per heavy atom. The van der Waals surface area contributed by atoms with E-state index in [1.807, 2.05) is 41.3 Å². The Morgan fingerprint density at radius 3 is 2.30 bits per heavy atom. The van der Waals surface area contributed by atoms with Gasteiger partial charge in [0.15, 0.2) is 0 Å². The molecule has 2 aromatic carbocycles. The molecule has 2 amide bonds. The van der Waals surface area contributed by atoms with E-state index in [1.165, 1.54) is 24.0 Å². The number of likely N-dealkylation sites (tertiary alicyclic amines) is 2. The van der Waals surface area contributed by atoms with Crippen LogP contribution in [0.15, 0.2) is 48.5 Å². The third-order valence-corrected chi connectivity index (χ3v) is 9.84. The van der Waals surface area contributed by atoms with Crippen LogP contribution >= 0.6 is 11.6 Å². The Morgan fingerprint density at radius 2 is 1.63 bits per heavy atom. The molecule has 2 aromatic rings. The maximum absolute atomic E-state index is 14.2. The largest absolute Gasteiger partial charge is 0.343 e. The Bertz CT molecular complexity index is 1230. The Balaban J connectivity index is 1.27. The number of amides is 2. The zero-order valence-corrected chi connectivity index (χ0v) is 27.2. The molecule has 5 rings (SSSR count). The summed E-state index contributed by atoms with van der Waals surface area (Å²) in [5.74, 6) is 0.468. The molecule has 2 N–H and O–H groups in total. The summed E-state index contributed by atoms with van der Waals surface area (Å²) in [6.07, 6.45) is 4.40. The van der Waals surface area contributed by atoms with E-state index in [2.05, 4.69) is 60.3 Å². The summed E-state index contributed by atoms with van der Waals surface area (Å²) in [6.45, 7) is 14.6. The third kappa shape index (κ3) is 8.18. The van der Waals surface area contributed by atoms with Crippen LogP contribution in [-0.4, -0.2) is 89.4 Å². The first-order valence-corrected chi connectivity index (χ1v) is 16.7. The van der Waals surface area contributed by atoms with Gasteiger partial charge in [-0.25, -0.2) is 0 Å². The summed E-state index contributed by atoms with van der Waals surface area (Å²) < 4.78 is 0. The number of fused-ring (bicyclic) bond motifs is 1. The van der Waals surface area contributed by atoms with Crippen LogP contribution < -0.4 is 10.6 Å². The number of hydrogen-bond donors (Lipinski definition) is 2. The molecular formula is C35H50ClN5O2. The van der Waals surface area contributed by atoms with Crippen molar-refractivity contribution >= 4 is 23.4 Å². The van der Waals surface area contributed by atoms with E-state index >= 15 is 0 Å². The summed E-state index contributed by atoms with van der Waals surface area (Å²) in [5, 5.41) is 7.21. The van der Waals surface area contributed by atoms with Crippen LogP contribution in [-0.2, 0) is 29.0 Å². The van der Waals surface area contributed by atoms with Gasteiger partial charge in [0, 0.05) is 55.7 Å². The highest BCUT2D eigenvalue weighted by Gasteiger charge is 2.38. The van der Waals surface area contributed by atoms with Gasteiger partial charge in [0.1, 0.15) is 6.04 Å². The molecule has 2 fully saturated rings. The normalized spacial score (nSPS) is 22.3. The first-order chi connectivity index (χ1) is 20.7. The Kier molecular flexibility index (Phi) is 10.8. The van der Waals surface area contributed by atoms with E-state index < -0.39 is 6.04 Å². The zero-order chi connectivity index (χ0) is 30.5. The lowest BCUT2D eigenvalue weighted by Gasteiger charge is -2.43. The van der Waals surface area contributed by atoms with E-state index in [9.17, 15) is 9.59 Å². The van der Waals surface area contributed by atoms with Gasteiger partial charge in [-0.2, -0.15) is 0 Å². The molecule has 7 nitrogen and oxygen atoms in total. The number of nitrogens with one attached hydrogen (secondary N) is 2.